The van der Waals surface area contributed by atoms with Gasteiger partial charge in [0, 0.05) is 25.8 Å². The van der Waals surface area contributed by atoms with Crippen molar-refractivity contribution in [3.05, 3.63) is 44.7 Å². The van der Waals surface area contributed by atoms with Crippen molar-refractivity contribution in [2.24, 2.45) is 0 Å². The minimum Gasteiger partial charge on any atom is -0.466 e. The lowest BCUT2D eigenvalue weighted by Gasteiger charge is -2.36. The molecule has 0 aliphatic carbocycles. The maximum absolute atomic E-state index is 13.8. The summed E-state index contributed by atoms with van der Waals surface area (Å²) < 4.78 is 6.94. The number of pyridine rings is 1. The number of hydrogen-bond acceptors (Lipinski definition) is 9. The highest BCUT2D eigenvalue weighted by molar-refractivity contribution is 8.26. The molecule has 2 fully saturated rings. The summed E-state index contributed by atoms with van der Waals surface area (Å²) in [6.07, 6.45) is 4.71. The third-order valence-electron chi connectivity index (χ3n) is 6.14. The average molecular weight is 544 g/mol. The lowest BCUT2D eigenvalue weighted by Crippen LogP contribution is -2.57. The Morgan fingerprint density at radius 2 is 2.08 bits per heavy atom. The zero-order valence-corrected chi connectivity index (χ0v) is 22.6. The number of hydrogen-bond donors (Lipinski definition) is 1. The smallest absolute Gasteiger partial charge is 0.308 e. The van der Waals surface area contributed by atoms with Crippen molar-refractivity contribution in [3.8, 4) is 0 Å². The molecule has 1 N–H and O–H groups in total. The van der Waals surface area contributed by atoms with Crippen molar-refractivity contribution >= 4 is 63.6 Å². The molecule has 0 radical (unpaired) electrons. The molecule has 0 spiro atoms. The van der Waals surface area contributed by atoms with Gasteiger partial charge in [-0.3, -0.25) is 28.5 Å². The molecule has 0 bridgehead atoms. The summed E-state index contributed by atoms with van der Waals surface area (Å²) in [5, 5.41) is 2.77. The SMILES string of the molecule is CCCCN1C(=O)/C(=C/c2c(N3CCNC(=O)[C@@H]3CC(=O)OCC)nc3ccc(C)cn3c2=O)SC1=S. The Hall–Kier alpha value is -3.25. The molecule has 2 aliphatic heterocycles. The number of amides is 2. The van der Waals surface area contributed by atoms with Crippen LogP contribution in [-0.2, 0) is 19.1 Å². The number of anilines is 1. The van der Waals surface area contributed by atoms with Crippen LogP contribution in [0, 0.1) is 6.92 Å². The molecule has 37 heavy (non-hydrogen) atoms. The maximum atomic E-state index is 13.8. The normalized spacial score (nSPS) is 19.2. The number of piperazine rings is 1. The number of thioether (sulfide) groups is 1. The van der Waals surface area contributed by atoms with Crippen LogP contribution >= 0.6 is 24.0 Å². The quantitative estimate of drug-likeness (QED) is 0.304. The summed E-state index contributed by atoms with van der Waals surface area (Å²) in [5.41, 5.74) is 1.02. The number of carbonyl (C=O) groups excluding carboxylic acids is 3. The Balaban J connectivity index is 1.86. The number of fused-ring (bicyclic) bond motifs is 1. The molecule has 0 aromatic carbocycles. The number of nitrogens with one attached hydrogen (secondary N) is 1. The first-order chi connectivity index (χ1) is 17.7. The van der Waals surface area contributed by atoms with Crippen LogP contribution in [0.2, 0.25) is 0 Å². The summed E-state index contributed by atoms with van der Waals surface area (Å²) >= 11 is 6.57. The van der Waals surface area contributed by atoms with Crippen LogP contribution in [0.1, 0.15) is 44.2 Å². The lowest BCUT2D eigenvalue weighted by atomic mass is 10.1. The molecule has 196 valence electrons. The first-order valence-electron chi connectivity index (χ1n) is 12.2. The van der Waals surface area contributed by atoms with Crippen molar-refractivity contribution in [1.29, 1.82) is 0 Å². The van der Waals surface area contributed by atoms with Crippen molar-refractivity contribution in [2.45, 2.75) is 46.1 Å². The lowest BCUT2D eigenvalue weighted by molar-refractivity contribution is -0.145. The van der Waals surface area contributed by atoms with Crippen LogP contribution in [0.5, 0.6) is 0 Å². The van der Waals surface area contributed by atoms with Gasteiger partial charge >= 0.3 is 5.97 Å². The van der Waals surface area contributed by atoms with Gasteiger partial charge in [0.1, 0.15) is 21.8 Å². The van der Waals surface area contributed by atoms with Crippen molar-refractivity contribution in [3.63, 3.8) is 0 Å². The van der Waals surface area contributed by atoms with Crippen LogP contribution in [0.3, 0.4) is 0 Å². The van der Waals surface area contributed by atoms with E-state index in [1.165, 1.54) is 10.5 Å². The summed E-state index contributed by atoms with van der Waals surface area (Å²) in [6.45, 7) is 6.92. The fraction of sp³-hybridized carbons (Fsp3) is 0.440. The minimum atomic E-state index is -0.918. The highest BCUT2D eigenvalue weighted by Crippen LogP contribution is 2.34. The predicted octanol–water partition coefficient (Wildman–Crippen LogP) is 2.26. The first-order valence-corrected chi connectivity index (χ1v) is 13.5. The van der Waals surface area contributed by atoms with Crippen LogP contribution in [0.25, 0.3) is 11.7 Å². The highest BCUT2D eigenvalue weighted by Gasteiger charge is 2.36. The molecular formula is C25H29N5O5S2. The fourth-order valence-corrected chi connectivity index (χ4v) is 5.57. The maximum Gasteiger partial charge on any atom is 0.308 e. The van der Waals surface area contributed by atoms with E-state index in [0.29, 0.717) is 34.5 Å². The Morgan fingerprint density at radius 1 is 1.30 bits per heavy atom. The third-order valence-corrected chi connectivity index (χ3v) is 7.52. The van der Waals surface area contributed by atoms with Crippen LogP contribution < -0.4 is 15.8 Å². The van der Waals surface area contributed by atoms with E-state index in [0.717, 1.165) is 30.2 Å². The highest BCUT2D eigenvalue weighted by atomic mass is 32.2. The molecular weight excluding hydrogens is 514 g/mol. The van der Waals surface area contributed by atoms with Crippen LogP contribution in [-0.4, -0.2) is 68.7 Å². The van der Waals surface area contributed by atoms with Gasteiger partial charge in [-0.05, 0) is 38.0 Å². The zero-order valence-electron chi connectivity index (χ0n) is 21.0. The number of carbonyl (C=O) groups is 3. The van der Waals surface area contributed by atoms with E-state index in [-0.39, 0.29) is 41.8 Å². The van der Waals surface area contributed by atoms with Crippen molar-refractivity contribution in [1.82, 2.24) is 19.6 Å². The van der Waals surface area contributed by atoms with Gasteiger partial charge in [-0.1, -0.05) is 43.4 Å². The minimum absolute atomic E-state index is 0.155. The van der Waals surface area contributed by atoms with E-state index in [1.807, 2.05) is 19.9 Å². The van der Waals surface area contributed by atoms with E-state index >= 15 is 0 Å². The standard InChI is InChI=1S/C25H29N5O5S2/c1-4-6-10-29-24(34)18(37-25(29)36)12-16-21(27-19-8-7-15(3)14-30(19)23(16)33)28-11-9-26-22(32)17(28)13-20(31)35-5-2/h7-8,12,14,17H,4-6,9-11,13H2,1-3H3,(H,26,32)/b18-12-/t17-/m0/s1. The molecule has 2 aliphatic rings. The van der Waals surface area contributed by atoms with E-state index in [1.54, 1.807) is 29.0 Å². The summed E-state index contributed by atoms with van der Waals surface area (Å²) in [7, 11) is 0. The van der Waals surface area contributed by atoms with Gasteiger partial charge in [0.2, 0.25) is 5.91 Å². The van der Waals surface area contributed by atoms with E-state index in [2.05, 4.69) is 5.32 Å². The van der Waals surface area contributed by atoms with Gasteiger partial charge in [0.15, 0.2) is 0 Å². The Kier molecular flexibility index (Phi) is 8.28. The Labute approximate surface area is 224 Å². The molecule has 4 rings (SSSR count). The zero-order chi connectivity index (χ0) is 26.7. The molecule has 12 heteroatoms. The monoisotopic (exact) mass is 543 g/mol. The predicted molar refractivity (Wildman–Crippen MR) is 146 cm³/mol. The molecule has 2 amide bonds. The second kappa shape index (κ2) is 11.4. The van der Waals surface area contributed by atoms with Gasteiger partial charge in [-0.15, -0.1) is 0 Å². The number of rotatable bonds is 8. The molecule has 2 aromatic rings. The van der Waals surface area contributed by atoms with E-state index in [4.69, 9.17) is 21.9 Å². The third kappa shape index (κ3) is 5.54. The second-order valence-electron chi connectivity index (χ2n) is 8.79. The number of esters is 1. The molecule has 2 aromatic heterocycles. The summed E-state index contributed by atoms with van der Waals surface area (Å²) in [6, 6.07) is 2.64. The first kappa shape index (κ1) is 26.8. The Morgan fingerprint density at radius 3 is 2.81 bits per heavy atom. The largest absolute Gasteiger partial charge is 0.466 e. The number of nitrogens with zero attached hydrogens (tertiary/aromatic N) is 4. The molecule has 2 saturated heterocycles. The molecule has 0 unspecified atom stereocenters. The topological polar surface area (TPSA) is 113 Å². The number of aromatic nitrogens is 2. The van der Waals surface area contributed by atoms with Gasteiger partial charge in [0.05, 0.1) is 23.5 Å². The summed E-state index contributed by atoms with van der Waals surface area (Å²) in [4.78, 5) is 60.3. The van der Waals surface area contributed by atoms with Gasteiger partial charge in [-0.2, -0.15) is 0 Å². The molecule has 10 nitrogen and oxygen atoms in total. The van der Waals surface area contributed by atoms with E-state index in [9.17, 15) is 19.2 Å². The molecule has 4 heterocycles. The number of unbranched alkanes of at least 4 members (excludes halogenated alkanes) is 1. The van der Waals surface area contributed by atoms with Gasteiger partial charge in [0.25, 0.3) is 11.5 Å². The number of ether oxygens (including phenoxy) is 1. The Bertz CT molecular complexity index is 1350. The fourth-order valence-electron chi connectivity index (χ4n) is 4.28. The van der Waals surface area contributed by atoms with Crippen LogP contribution in [0.4, 0.5) is 5.82 Å². The van der Waals surface area contributed by atoms with Crippen molar-refractivity contribution in [2.75, 3.05) is 31.1 Å². The second-order valence-corrected chi connectivity index (χ2v) is 10.5. The average Bonchev–Trinajstić information content (AvgIpc) is 3.13. The molecule has 0 saturated carbocycles. The van der Waals surface area contributed by atoms with Crippen molar-refractivity contribution < 1.29 is 19.1 Å². The number of thiocarbonyl (C=S) groups is 1. The van der Waals surface area contributed by atoms with Crippen LogP contribution in [0.15, 0.2) is 28.0 Å². The van der Waals surface area contributed by atoms with Gasteiger partial charge in [-0.25, -0.2) is 4.98 Å². The van der Waals surface area contributed by atoms with E-state index < -0.39 is 12.0 Å². The molecule has 1 atom stereocenters. The summed E-state index contributed by atoms with van der Waals surface area (Å²) in [5.74, 6) is -0.914. The number of aryl methyl sites for hydroxylation is 1. The van der Waals surface area contributed by atoms with Gasteiger partial charge < -0.3 is 15.0 Å².